The third-order valence-electron chi connectivity index (χ3n) is 16.9. The summed E-state index contributed by atoms with van der Waals surface area (Å²) in [5.74, 6) is 3.18. The zero-order valence-electron chi connectivity index (χ0n) is 53.4. The van der Waals surface area contributed by atoms with E-state index >= 15 is 0 Å². The number of aromatic hydroxyl groups is 2. The number of halogens is 1. The maximum absolute atomic E-state index is 12.5. The summed E-state index contributed by atoms with van der Waals surface area (Å²) in [6, 6.07) is 33.5. The lowest BCUT2D eigenvalue weighted by molar-refractivity contribution is -2.00. The summed E-state index contributed by atoms with van der Waals surface area (Å²) < 4.78 is 60.9. The van der Waals surface area contributed by atoms with E-state index in [0.717, 1.165) is 36.2 Å². The number of esters is 1. The van der Waals surface area contributed by atoms with E-state index in [1.54, 1.807) is 29.4 Å². The van der Waals surface area contributed by atoms with Crippen molar-refractivity contribution in [2.45, 2.75) is 231 Å². The van der Waals surface area contributed by atoms with Crippen molar-refractivity contribution in [1.29, 1.82) is 5.41 Å². The number of nitrogens with one attached hydrogen (secondary N) is 1. The number of para-hydroxylation sites is 4. The van der Waals surface area contributed by atoms with Gasteiger partial charge in [0.05, 0.1) is 22.5 Å². The lowest BCUT2D eigenvalue weighted by Crippen LogP contribution is -2.68. The molecule has 0 saturated carbocycles. The maximum Gasteiger partial charge on any atom is 0.374 e. The lowest BCUT2D eigenvalue weighted by Gasteiger charge is -2.36. The van der Waals surface area contributed by atoms with Gasteiger partial charge >= 0.3 is 11.9 Å². The van der Waals surface area contributed by atoms with Gasteiger partial charge in [0, 0.05) is 47.9 Å². The minimum Gasteiger partial charge on any atom is -0.508 e. The van der Waals surface area contributed by atoms with Crippen LogP contribution in [0.1, 0.15) is 252 Å². The molecule has 0 amide bonds. The Morgan fingerprint density at radius 2 is 0.989 bits per heavy atom. The Hall–Kier alpha value is -6.55. The van der Waals surface area contributed by atoms with E-state index in [4.69, 9.17) is 42.7 Å². The van der Waals surface area contributed by atoms with Crippen molar-refractivity contribution in [2.24, 2.45) is 0 Å². The van der Waals surface area contributed by atoms with Crippen LogP contribution in [0.5, 0.6) is 28.7 Å². The van der Waals surface area contributed by atoms with E-state index in [1.807, 2.05) is 12.1 Å². The third-order valence-corrected chi connectivity index (χ3v) is 16.9. The number of carbonyl (C=O) groups is 1. The maximum atomic E-state index is 12.5. The summed E-state index contributed by atoms with van der Waals surface area (Å²) in [5, 5.41) is 27.0. The molecule has 4 heterocycles. The molecular weight excluding hydrogens is 1170 g/mol. The van der Waals surface area contributed by atoms with Gasteiger partial charge in [-0.25, -0.2) is 28.8 Å². The molecule has 0 fully saturated rings. The van der Waals surface area contributed by atoms with Gasteiger partial charge < -0.3 is 33.7 Å². The highest BCUT2D eigenvalue weighted by Crippen LogP contribution is 2.57. The molecule has 14 nitrogen and oxygen atoms in total. The van der Waals surface area contributed by atoms with Crippen LogP contribution in [0.25, 0.3) is 17.2 Å². The van der Waals surface area contributed by atoms with Crippen LogP contribution in [0.4, 0.5) is 5.69 Å². The second-order valence-electron chi connectivity index (χ2n) is 23.8. The van der Waals surface area contributed by atoms with Gasteiger partial charge in [0.25, 0.3) is 5.52 Å². The van der Waals surface area contributed by atoms with E-state index in [9.17, 15) is 15.0 Å². The number of aromatic nitrogens is 1. The van der Waals surface area contributed by atoms with Gasteiger partial charge in [0.1, 0.15) is 23.0 Å². The molecule has 16 heteroatoms. The van der Waals surface area contributed by atoms with E-state index in [2.05, 4.69) is 102 Å². The molecule has 90 heavy (non-hydrogen) atoms. The number of phenolic OH excluding ortho intramolecular Hbond substituents is 2. The van der Waals surface area contributed by atoms with E-state index in [1.165, 1.54) is 241 Å². The van der Waals surface area contributed by atoms with Crippen molar-refractivity contribution in [3.8, 4) is 28.7 Å². The Kier molecular flexibility index (Phi) is 32.5. The molecule has 3 N–H and O–H groups in total. The van der Waals surface area contributed by atoms with Gasteiger partial charge in [-0.05, 0) is 85.7 Å². The van der Waals surface area contributed by atoms with E-state index in [-0.39, 0.29) is 11.5 Å². The van der Waals surface area contributed by atoms with Crippen LogP contribution < -0.4 is 37.6 Å². The van der Waals surface area contributed by atoms with Crippen LogP contribution in [0, 0.1) is 15.7 Å². The molecule has 488 valence electrons. The topological polar surface area (TPSA) is 222 Å². The second kappa shape index (κ2) is 40.3. The number of hydrogen-bond acceptors (Lipinski definition) is 14. The normalized spacial score (nSPS) is 13.6. The van der Waals surface area contributed by atoms with Crippen LogP contribution in [0.3, 0.4) is 0 Å². The first-order valence-corrected chi connectivity index (χ1v) is 35.1. The van der Waals surface area contributed by atoms with Crippen LogP contribution in [0.15, 0.2) is 132 Å². The third kappa shape index (κ3) is 23.6. The number of anilines is 1. The van der Waals surface area contributed by atoms with E-state index in [0.29, 0.717) is 33.8 Å². The molecule has 0 radical (unpaired) electrons. The Balaban J connectivity index is 0.000000317. The Morgan fingerprint density at radius 3 is 1.50 bits per heavy atom. The van der Waals surface area contributed by atoms with Gasteiger partial charge in [0.15, 0.2) is 17.9 Å². The highest BCUT2D eigenvalue weighted by atomic mass is 35.7. The first-order chi connectivity index (χ1) is 43.8. The predicted molar refractivity (Wildman–Crippen MR) is 350 cm³/mol. The highest BCUT2D eigenvalue weighted by Gasteiger charge is 2.53. The Morgan fingerprint density at radius 1 is 0.556 bits per heavy atom. The average Bonchev–Trinajstić information content (AvgIpc) is 1.43. The molecular formula is C74H98ClN3O11S. The molecule has 0 saturated heterocycles. The number of rotatable bonds is 36. The summed E-state index contributed by atoms with van der Waals surface area (Å²) in [7, 11) is -4.94. The standard InChI is InChI=1S/C53H85N2O2.C20H12O5.CHNS.ClHO4/c1-3-5-7-9-11-13-15-17-19-21-23-25-27-29-31-37-46-54-48-40-33-35-42-50(48)56-52(54)44-39-45-53-55(49-41-34-36-43-51(49)57-53)47-38-32-30-28-26-24-22-20-18-16-14-12-10-8-6-4-2;21-11-5-7-15-17(9-11)24-18-10-12(22)6-8-16(18)20(15)14-4-2-1-3-13(14)19(23)25-20;2-1-3;2-1(3,4)5/h33-36,39-45H,3-32,37-38,46-47H2,1-2H3;1-10,21-22H;2H;(H,2,3,4,5)/q+1;;;/p-1. The monoisotopic (exact) mass is 1270 g/mol. The fraction of sp³-hybridized carbons (Fsp3) is 0.500. The number of ether oxygens (including phenoxy) is 3. The molecule has 0 atom stereocenters. The molecule has 3 aliphatic heterocycles. The smallest absolute Gasteiger partial charge is 0.374 e. The first kappa shape index (κ1) is 72.5. The summed E-state index contributed by atoms with van der Waals surface area (Å²) in [5.41, 5.74) is 4.60. The zero-order chi connectivity index (χ0) is 64.2. The number of phenols is 2. The number of isothiocyanates is 1. The van der Waals surface area contributed by atoms with Gasteiger partial charge in [-0.3, -0.25) is 0 Å². The number of fused-ring (bicyclic) bond motifs is 8. The molecule has 1 spiro atoms. The summed E-state index contributed by atoms with van der Waals surface area (Å²) in [6.45, 7) is 6.57. The van der Waals surface area contributed by atoms with Crippen molar-refractivity contribution in [3.63, 3.8) is 0 Å². The van der Waals surface area contributed by atoms with Gasteiger partial charge in [-0.1, -0.05) is 243 Å². The summed E-state index contributed by atoms with van der Waals surface area (Å²) in [6.07, 6.45) is 50.9. The number of nitrogens with zero attached hydrogens (tertiary/aromatic N) is 2. The zero-order valence-corrected chi connectivity index (χ0v) is 55.0. The molecule has 6 aromatic rings. The number of carbonyl (C=O) groups excluding carboxylic acids is 1. The van der Waals surface area contributed by atoms with Crippen molar-refractivity contribution in [2.75, 3.05) is 11.4 Å². The van der Waals surface area contributed by atoms with Crippen molar-refractivity contribution < 1.29 is 67.1 Å². The molecule has 9 rings (SSSR count). The Labute approximate surface area is 542 Å². The molecule has 0 bridgehead atoms. The summed E-state index contributed by atoms with van der Waals surface area (Å²) in [4.78, 5) is 14.9. The molecule has 0 unspecified atom stereocenters. The van der Waals surface area contributed by atoms with Crippen LogP contribution in [-0.2, 0) is 16.9 Å². The number of benzene rings is 5. The largest absolute Gasteiger partial charge is 0.508 e. The Bertz CT molecular complexity index is 3110. The number of aryl methyl sites for hydroxylation is 1. The van der Waals surface area contributed by atoms with Crippen molar-refractivity contribution in [3.05, 3.63) is 155 Å². The number of oxazole rings is 1. The van der Waals surface area contributed by atoms with E-state index < -0.39 is 21.8 Å². The van der Waals surface area contributed by atoms with Gasteiger partial charge in [-0.15, -0.1) is 10.2 Å². The second-order valence-corrected chi connectivity index (χ2v) is 24.8. The number of allylic oxidation sites excluding steroid dienone is 2. The van der Waals surface area contributed by atoms with Crippen LogP contribution in [0.2, 0.25) is 0 Å². The van der Waals surface area contributed by atoms with Crippen LogP contribution >= 0.6 is 12.2 Å². The lowest BCUT2D eigenvalue weighted by atomic mass is 9.77. The average molecular weight is 1270 g/mol. The number of hydrogen-bond donors (Lipinski definition) is 3. The molecule has 5 aromatic carbocycles. The molecule has 0 aliphatic carbocycles. The fourth-order valence-corrected chi connectivity index (χ4v) is 12.3. The first-order valence-electron chi connectivity index (χ1n) is 33.5. The fourth-order valence-electron chi connectivity index (χ4n) is 12.3. The molecule has 1 aromatic heterocycles. The number of thiocarbonyl (C=S) groups is 1. The summed E-state index contributed by atoms with van der Waals surface area (Å²) >= 11 is 3.81. The minimum atomic E-state index is -4.94. The molecule has 3 aliphatic rings. The highest BCUT2D eigenvalue weighted by molar-refractivity contribution is 7.78. The minimum absolute atomic E-state index is 0.0371. The predicted octanol–water partition coefficient (Wildman–Crippen LogP) is 16.6. The number of unbranched alkanes of at least 4 members (excludes halogenated alkanes) is 30. The quantitative estimate of drug-likeness (QED) is 0.0110. The SMILES string of the molecule is CCCCCCCCCCCCCCCCCCN1C(=CC=Cc2oc3ccccc3[n+]2CCCCCCCCCCCCCCCCCC)Oc2ccccc21.N=C=S.O=C1OC2(c3ccc(O)cc3Oc3cc(O)ccc32)c2ccccc21.[O-][Cl+3]([O-])([O-])[O-]. The van der Waals surface area contributed by atoms with Gasteiger partial charge in [-0.2, -0.15) is 4.57 Å². The van der Waals surface area contributed by atoms with Crippen molar-refractivity contribution in [1.82, 2.24) is 0 Å². The van der Waals surface area contributed by atoms with Crippen LogP contribution in [-0.4, -0.2) is 27.9 Å². The van der Waals surface area contributed by atoms with Gasteiger partial charge in [0.2, 0.25) is 11.5 Å². The van der Waals surface area contributed by atoms with Crippen molar-refractivity contribution >= 4 is 46.2 Å².